The van der Waals surface area contributed by atoms with Crippen molar-refractivity contribution in [2.75, 3.05) is 19.6 Å². The number of piperidine rings is 1. The smallest absolute Gasteiger partial charge is 0.217 e. The fraction of sp³-hybridized carbons (Fsp3) is 0.435. The van der Waals surface area contributed by atoms with E-state index in [1.807, 2.05) is 18.2 Å². The summed E-state index contributed by atoms with van der Waals surface area (Å²) in [5, 5.41) is 3.20. The molecule has 2 aromatic rings. The molecule has 148 valence electrons. The van der Waals surface area contributed by atoms with Crippen molar-refractivity contribution in [3.05, 3.63) is 71.3 Å². The molecule has 1 saturated carbocycles. The van der Waals surface area contributed by atoms with Gasteiger partial charge in [-0.1, -0.05) is 36.4 Å². The monoisotopic (exact) mass is 384 g/mol. The Bertz CT molecular complexity index is 847. The van der Waals surface area contributed by atoms with Crippen LogP contribution in [0.2, 0.25) is 0 Å². The maximum absolute atomic E-state index is 13.5. The van der Waals surface area contributed by atoms with Gasteiger partial charge in [0.15, 0.2) is 11.6 Å². The third-order valence-electron chi connectivity index (χ3n) is 6.24. The summed E-state index contributed by atoms with van der Waals surface area (Å²) in [4.78, 5) is 14.3. The van der Waals surface area contributed by atoms with Crippen molar-refractivity contribution in [1.29, 1.82) is 0 Å². The van der Waals surface area contributed by atoms with Gasteiger partial charge >= 0.3 is 0 Å². The fourth-order valence-electron chi connectivity index (χ4n) is 4.63. The molecule has 2 aromatic carbocycles. The summed E-state index contributed by atoms with van der Waals surface area (Å²) >= 11 is 0. The van der Waals surface area contributed by atoms with Gasteiger partial charge in [0.1, 0.15) is 0 Å². The van der Waals surface area contributed by atoms with E-state index >= 15 is 0 Å². The molecule has 1 amide bonds. The number of amides is 1. The van der Waals surface area contributed by atoms with Crippen molar-refractivity contribution in [2.24, 2.45) is 5.92 Å². The Morgan fingerprint density at radius 2 is 1.82 bits per heavy atom. The van der Waals surface area contributed by atoms with Gasteiger partial charge in [0.25, 0.3) is 0 Å². The van der Waals surface area contributed by atoms with Crippen LogP contribution in [-0.4, -0.2) is 30.4 Å². The maximum Gasteiger partial charge on any atom is 0.217 e. The number of rotatable bonds is 5. The average Bonchev–Trinajstić information content (AvgIpc) is 3.45. The van der Waals surface area contributed by atoms with Gasteiger partial charge in [-0.3, -0.25) is 4.79 Å². The molecule has 2 fully saturated rings. The summed E-state index contributed by atoms with van der Waals surface area (Å²) in [6.07, 6.45) is 2.77. The van der Waals surface area contributed by atoms with Crippen molar-refractivity contribution in [2.45, 2.75) is 37.6 Å². The molecule has 0 unspecified atom stereocenters. The van der Waals surface area contributed by atoms with Crippen LogP contribution in [0, 0.1) is 17.6 Å². The van der Waals surface area contributed by atoms with E-state index in [-0.39, 0.29) is 11.4 Å². The van der Waals surface area contributed by atoms with Crippen LogP contribution in [-0.2, 0) is 10.3 Å². The van der Waals surface area contributed by atoms with Gasteiger partial charge in [0, 0.05) is 26.6 Å². The van der Waals surface area contributed by atoms with Crippen LogP contribution in [0.1, 0.15) is 43.2 Å². The predicted octanol–water partition coefficient (Wildman–Crippen LogP) is 4.20. The zero-order chi connectivity index (χ0) is 19.7. The molecule has 28 heavy (non-hydrogen) atoms. The number of nitrogens with zero attached hydrogens (tertiary/aromatic N) is 1. The normalized spacial score (nSPS) is 24.0. The average molecular weight is 384 g/mol. The lowest BCUT2D eigenvalue weighted by atomic mass is 9.80. The second kappa shape index (κ2) is 7.63. The summed E-state index contributed by atoms with van der Waals surface area (Å²) in [6.45, 7) is 4.37. The number of likely N-dealkylation sites (tertiary alicyclic amines) is 1. The summed E-state index contributed by atoms with van der Waals surface area (Å²) < 4.78 is 26.6. The second-order valence-corrected chi connectivity index (χ2v) is 8.21. The van der Waals surface area contributed by atoms with E-state index in [1.165, 1.54) is 12.1 Å². The van der Waals surface area contributed by atoms with E-state index in [9.17, 15) is 13.6 Å². The van der Waals surface area contributed by atoms with Gasteiger partial charge in [-0.05, 0) is 54.4 Å². The molecule has 5 heteroatoms. The Hall–Kier alpha value is -2.27. The third-order valence-corrected chi connectivity index (χ3v) is 6.24. The second-order valence-electron chi connectivity index (χ2n) is 8.21. The Labute approximate surface area is 164 Å². The minimum atomic E-state index is -0.785. The number of benzene rings is 2. The highest BCUT2D eigenvalue weighted by atomic mass is 19.2. The van der Waals surface area contributed by atoms with E-state index in [2.05, 4.69) is 22.3 Å². The number of hydrogen-bond donors (Lipinski definition) is 1. The van der Waals surface area contributed by atoms with Crippen molar-refractivity contribution in [3.63, 3.8) is 0 Å². The first kappa shape index (κ1) is 19.1. The van der Waals surface area contributed by atoms with E-state index in [0.29, 0.717) is 11.8 Å². The van der Waals surface area contributed by atoms with Crippen molar-refractivity contribution in [3.8, 4) is 0 Å². The number of hydrogen-bond acceptors (Lipinski definition) is 2. The van der Waals surface area contributed by atoms with Crippen LogP contribution in [0.3, 0.4) is 0 Å². The predicted molar refractivity (Wildman–Crippen MR) is 105 cm³/mol. The largest absolute Gasteiger partial charge is 0.347 e. The molecule has 0 bridgehead atoms. The van der Waals surface area contributed by atoms with Crippen LogP contribution in [0.15, 0.2) is 48.5 Å². The molecular weight excluding hydrogens is 358 g/mol. The maximum atomic E-state index is 13.5. The summed E-state index contributed by atoms with van der Waals surface area (Å²) in [5.74, 6) is -0.727. The van der Waals surface area contributed by atoms with Crippen molar-refractivity contribution in [1.82, 2.24) is 10.2 Å². The summed E-state index contributed by atoms with van der Waals surface area (Å²) in [7, 11) is 0. The van der Waals surface area contributed by atoms with Gasteiger partial charge < -0.3 is 10.2 Å². The Morgan fingerprint density at radius 1 is 1.11 bits per heavy atom. The molecule has 4 rings (SSSR count). The number of carbonyl (C=O) groups excluding carboxylic acids is 1. The molecule has 1 saturated heterocycles. The van der Waals surface area contributed by atoms with Gasteiger partial charge in [-0.2, -0.15) is 0 Å². The van der Waals surface area contributed by atoms with Gasteiger partial charge in [0.2, 0.25) is 5.91 Å². The molecule has 1 heterocycles. The van der Waals surface area contributed by atoms with Gasteiger partial charge in [-0.25, -0.2) is 8.78 Å². The molecule has 3 nitrogen and oxygen atoms in total. The fourth-order valence-corrected chi connectivity index (χ4v) is 4.63. The van der Waals surface area contributed by atoms with Crippen molar-refractivity contribution < 1.29 is 13.6 Å². The van der Waals surface area contributed by atoms with Crippen LogP contribution in [0.25, 0.3) is 0 Å². The lowest BCUT2D eigenvalue weighted by Crippen LogP contribution is -2.52. The molecule has 1 N–H and O–H groups in total. The first-order valence-electron chi connectivity index (χ1n) is 9.98. The zero-order valence-electron chi connectivity index (χ0n) is 16.1. The molecule has 1 aliphatic carbocycles. The minimum absolute atomic E-state index is 0.00195. The highest BCUT2D eigenvalue weighted by Crippen LogP contribution is 2.48. The first-order valence-corrected chi connectivity index (χ1v) is 9.98. The third kappa shape index (κ3) is 3.95. The molecule has 0 spiro atoms. The minimum Gasteiger partial charge on any atom is -0.347 e. The standard InChI is InChI=1S/C23H26F2N2O/c1-16(28)26-23(19-5-3-2-4-6-19)9-11-27(12-10-23)15-18-13-20(18)17-7-8-21(24)22(25)14-17/h2-8,14,18,20H,9-13,15H2,1H3,(H,26,28)/t18-,20+/m0/s1. The Kier molecular flexibility index (Phi) is 5.19. The van der Waals surface area contributed by atoms with Gasteiger partial charge in [0.05, 0.1) is 5.54 Å². The van der Waals surface area contributed by atoms with Crippen LogP contribution >= 0.6 is 0 Å². The van der Waals surface area contributed by atoms with Crippen LogP contribution in [0.5, 0.6) is 0 Å². The molecule has 0 aromatic heterocycles. The van der Waals surface area contributed by atoms with E-state index < -0.39 is 11.6 Å². The van der Waals surface area contributed by atoms with E-state index in [1.54, 1.807) is 13.0 Å². The van der Waals surface area contributed by atoms with Crippen LogP contribution in [0.4, 0.5) is 8.78 Å². The SMILES string of the molecule is CC(=O)NC1(c2ccccc2)CCN(C[C@@H]2C[C@@H]2c2ccc(F)c(F)c2)CC1. The lowest BCUT2D eigenvalue weighted by molar-refractivity contribution is -0.121. The zero-order valence-corrected chi connectivity index (χ0v) is 16.1. The summed E-state index contributed by atoms with van der Waals surface area (Å²) in [6, 6.07) is 14.5. The Morgan fingerprint density at radius 3 is 2.46 bits per heavy atom. The van der Waals surface area contributed by atoms with Crippen molar-refractivity contribution >= 4 is 5.91 Å². The molecule has 2 atom stereocenters. The lowest BCUT2D eigenvalue weighted by Gasteiger charge is -2.43. The highest BCUT2D eigenvalue weighted by Gasteiger charge is 2.42. The highest BCUT2D eigenvalue weighted by molar-refractivity contribution is 5.74. The number of carbonyl (C=O) groups is 1. The van der Waals surface area contributed by atoms with Crippen LogP contribution < -0.4 is 5.32 Å². The molecule has 0 radical (unpaired) electrons. The summed E-state index contributed by atoms with van der Waals surface area (Å²) in [5.41, 5.74) is 1.76. The van der Waals surface area contributed by atoms with Gasteiger partial charge in [-0.15, -0.1) is 0 Å². The molecule has 1 aliphatic heterocycles. The number of halogens is 2. The molecule has 2 aliphatic rings. The number of nitrogens with one attached hydrogen (secondary N) is 1. The molecular formula is C23H26F2N2O. The van der Waals surface area contributed by atoms with E-state index in [0.717, 1.165) is 50.0 Å². The first-order chi connectivity index (χ1) is 13.5. The topological polar surface area (TPSA) is 32.3 Å². The Balaban J connectivity index is 1.37. The quantitative estimate of drug-likeness (QED) is 0.838. The van der Waals surface area contributed by atoms with E-state index in [4.69, 9.17) is 0 Å².